The van der Waals surface area contributed by atoms with E-state index < -0.39 is 27.9 Å². The molecule has 0 aliphatic carbocycles. The minimum absolute atomic E-state index is 0.0409. The molecule has 3 rings (SSSR count). The van der Waals surface area contributed by atoms with Crippen LogP contribution in [0, 0.1) is 0 Å². The third kappa shape index (κ3) is 5.69. The van der Waals surface area contributed by atoms with Crippen molar-refractivity contribution >= 4 is 45.9 Å². The molecule has 0 bridgehead atoms. The minimum Gasteiger partial charge on any atom is -0.383 e. The zero-order valence-corrected chi connectivity index (χ0v) is 19.5. The van der Waals surface area contributed by atoms with Gasteiger partial charge in [0.15, 0.2) is 5.16 Å². The maximum Gasteiger partial charge on any atom is 0.417 e. The molecule has 2 atom stereocenters. The van der Waals surface area contributed by atoms with Gasteiger partial charge in [0.1, 0.15) is 0 Å². The number of alkyl halides is 3. The number of aromatic nitrogens is 2. The highest BCUT2D eigenvalue weighted by Gasteiger charge is 2.33. The summed E-state index contributed by atoms with van der Waals surface area (Å²) in [6.07, 6.45) is -4.65. The number of ether oxygens (including phenoxy) is 1. The van der Waals surface area contributed by atoms with Gasteiger partial charge in [0.2, 0.25) is 5.91 Å². The third-order valence-corrected chi connectivity index (χ3v) is 6.21. The summed E-state index contributed by atoms with van der Waals surface area (Å²) in [4.78, 5) is 30.4. The van der Waals surface area contributed by atoms with Crippen LogP contribution in [0.2, 0.25) is 5.02 Å². The third-order valence-electron chi connectivity index (χ3n) is 4.81. The molecule has 176 valence electrons. The molecule has 0 aliphatic rings. The van der Waals surface area contributed by atoms with Crippen molar-refractivity contribution in [3.05, 3.63) is 63.4 Å². The molecule has 0 spiro atoms. The first-order valence-corrected chi connectivity index (χ1v) is 11.1. The van der Waals surface area contributed by atoms with Crippen LogP contribution in [-0.4, -0.2) is 34.4 Å². The van der Waals surface area contributed by atoms with E-state index in [2.05, 4.69) is 10.3 Å². The zero-order chi connectivity index (χ0) is 24.3. The number of amides is 1. The van der Waals surface area contributed by atoms with E-state index in [1.165, 1.54) is 17.7 Å². The number of anilines is 1. The average molecular weight is 500 g/mol. The van der Waals surface area contributed by atoms with Crippen LogP contribution >= 0.6 is 23.4 Å². The Bertz CT molecular complexity index is 1230. The summed E-state index contributed by atoms with van der Waals surface area (Å²) in [7, 11) is 1.51. The molecule has 33 heavy (non-hydrogen) atoms. The van der Waals surface area contributed by atoms with Crippen LogP contribution in [0.4, 0.5) is 18.9 Å². The van der Waals surface area contributed by atoms with Crippen LogP contribution in [0.25, 0.3) is 10.9 Å². The number of fused-ring (bicyclic) bond motifs is 1. The van der Waals surface area contributed by atoms with E-state index >= 15 is 0 Å². The molecule has 3 aromatic rings. The van der Waals surface area contributed by atoms with Gasteiger partial charge in [0.25, 0.3) is 5.56 Å². The lowest BCUT2D eigenvalue weighted by atomic mass is 10.2. The number of rotatable bonds is 7. The number of methoxy groups -OCH3 is 1. The van der Waals surface area contributed by atoms with E-state index in [1.54, 1.807) is 38.1 Å². The van der Waals surface area contributed by atoms with Crippen LogP contribution < -0.4 is 10.9 Å². The van der Waals surface area contributed by atoms with E-state index in [-0.39, 0.29) is 23.9 Å². The number of carbonyl (C=O) groups is 1. The SMILES string of the molecule is COCC(C)n1c(SC(C)C(=O)Nc2ccc(Cl)c(C(F)(F)F)c2)nc2ccccc2c1=O. The Morgan fingerprint density at radius 2 is 1.94 bits per heavy atom. The number of hydrogen-bond acceptors (Lipinski definition) is 5. The molecule has 0 saturated heterocycles. The predicted molar refractivity (Wildman–Crippen MR) is 123 cm³/mol. The average Bonchev–Trinajstić information content (AvgIpc) is 2.74. The summed E-state index contributed by atoms with van der Waals surface area (Å²) in [6, 6.07) is 9.64. The fourth-order valence-electron chi connectivity index (χ4n) is 3.19. The van der Waals surface area contributed by atoms with Crippen LogP contribution in [-0.2, 0) is 15.7 Å². The molecule has 0 aliphatic heterocycles. The highest BCUT2D eigenvalue weighted by atomic mass is 35.5. The molecule has 0 saturated carbocycles. The van der Waals surface area contributed by atoms with Crippen molar-refractivity contribution in [2.45, 2.75) is 36.5 Å². The Labute approximate surface area is 197 Å². The van der Waals surface area contributed by atoms with Gasteiger partial charge < -0.3 is 10.1 Å². The van der Waals surface area contributed by atoms with E-state index in [0.717, 1.165) is 23.9 Å². The first-order chi connectivity index (χ1) is 15.5. The summed E-state index contributed by atoms with van der Waals surface area (Å²) in [5, 5.41) is 1.97. The fourth-order valence-corrected chi connectivity index (χ4v) is 4.42. The number of hydrogen-bond donors (Lipinski definition) is 1. The Morgan fingerprint density at radius 3 is 2.61 bits per heavy atom. The highest BCUT2D eigenvalue weighted by molar-refractivity contribution is 8.00. The van der Waals surface area contributed by atoms with Gasteiger partial charge in [0.05, 0.1) is 39.4 Å². The Hall–Kier alpha value is -2.56. The van der Waals surface area contributed by atoms with Gasteiger partial charge in [0, 0.05) is 12.8 Å². The topological polar surface area (TPSA) is 73.2 Å². The first kappa shape index (κ1) is 25.1. The van der Waals surface area contributed by atoms with E-state index in [4.69, 9.17) is 16.3 Å². The van der Waals surface area contributed by atoms with Crippen molar-refractivity contribution in [2.75, 3.05) is 19.0 Å². The van der Waals surface area contributed by atoms with E-state index in [0.29, 0.717) is 16.1 Å². The summed E-state index contributed by atoms with van der Waals surface area (Å²) >= 11 is 6.66. The molecule has 2 unspecified atom stereocenters. The maximum atomic E-state index is 13.1. The highest BCUT2D eigenvalue weighted by Crippen LogP contribution is 2.36. The molecule has 6 nitrogen and oxygen atoms in total. The second-order valence-electron chi connectivity index (χ2n) is 7.33. The Balaban J connectivity index is 1.90. The van der Waals surface area contributed by atoms with Gasteiger partial charge in [-0.1, -0.05) is 35.5 Å². The molecule has 1 amide bonds. The monoisotopic (exact) mass is 499 g/mol. The quantitative estimate of drug-likeness (QED) is 0.348. The van der Waals surface area contributed by atoms with Crippen LogP contribution in [0.5, 0.6) is 0 Å². The second kappa shape index (κ2) is 10.1. The standard InChI is InChI=1S/C22H21ClF3N3O3S/c1-12(11-32-3)29-20(31)15-6-4-5-7-18(15)28-21(29)33-13(2)19(30)27-14-8-9-17(23)16(10-14)22(24,25)26/h4-10,12-13H,11H2,1-3H3,(H,27,30). The fraction of sp³-hybridized carbons (Fsp3) is 0.318. The minimum atomic E-state index is -4.65. The number of para-hydroxylation sites is 1. The van der Waals surface area contributed by atoms with Gasteiger partial charge in [-0.25, -0.2) is 4.98 Å². The summed E-state index contributed by atoms with van der Waals surface area (Å²) < 4.78 is 46.0. The summed E-state index contributed by atoms with van der Waals surface area (Å²) in [5.41, 5.74) is -0.875. The summed E-state index contributed by atoms with van der Waals surface area (Å²) in [5.74, 6) is -0.552. The number of nitrogens with zero attached hydrogens (tertiary/aromatic N) is 2. The van der Waals surface area contributed by atoms with Gasteiger partial charge in [-0.05, 0) is 44.2 Å². The predicted octanol–water partition coefficient (Wildman–Crippen LogP) is 5.40. The molecule has 1 aromatic heterocycles. The van der Waals surface area contributed by atoms with Crippen LogP contribution in [0.3, 0.4) is 0 Å². The first-order valence-electron chi connectivity index (χ1n) is 9.87. The molecule has 0 radical (unpaired) electrons. The number of benzene rings is 2. The van der Waals surface area contributed by atoms with Crippen LogP contribution in [0.1, 0.15) is 25.5 Å². The molecular formula is C22H21ClF3N3O3S. The Kier molecular flexibility index (Phi) is 7.71. The van der Waals surface area contributed by atoms with E-state index in [1.807, 2.05) is 0 Å². The summed E-state index contributed by atoms with van der Waals surface area (Å²) in [6.45, 7) is 3.62. The smallest absolute Gasteiger partial charge is 0.383 e. The van der Waals surface area contributed by atoms with Gasteiger partial charge in [-0.15, -0.1) is 0 Å². The lowest BCUT2D eigenvalue weighted by molar-refractivity contribution is -0.137. The van der Waals surface area contributed by atoms with Gasteiger partial charge in [-0.2, -0.15) is 13.2 Å². The van der Waals surface area contributed by atoms with Crippen LogP contribution in [0.15, 0.2) is 52.4 Å². The molecule has 1 N–H and O–H groups in total. The Morgan fingerprint density at radius 1 is 1.24 bits per heavy atom. The van der Waals surface area contributed by atoms with Crippen molar-refractivity contribution < 1.29 is 22.7 Å². The van der Waals surface area contributed by atoms with Gasteiger partial charge >= 0.3 is 6.18 Å². The number of halogens is 4. The molecule has 0 fully saturated rings. The maximum absolute atomic E-state index is 13.1. The molecule has 1 heterocycles. The number of nitrogens with one attached hydrogen (secondary N) is 1. The molecule has 2 aromatic carbocycles. The molecule has 11 heteroatoms. The largest absolute Gasteiger partial charge is 0.417 e. The number of carbonyl (C=O) groups excluding carboxylic acids is 1. The zero-order valence-electron chi connectivity index (χ0n) is 17.9. The lowest BCUT2D eigenvalue weighted by Crippen LogP contribution is -2.30. The molecular weight excluding hydrogens is 479 g/mol. The second-order valence-corrected chi connectivity index (χ2v) is 9.05. The lowest BCUT2D eigenvalue weighted by Gasteiger charge is -2.20. The van der Waals surface area contributed by atoms with Crippen molar-refractivity contribution in [3.8, 4) is 0 Å². The van der Waals surface area contributed by atoms with Crippen molar-refractivity contribution in [2.24, 2.45) is 0 Å². The van der Waals surface area contributed by atoms with E-state index in [9.17, 15) is 22.8 Å². The van der Waals surface area contributed by atoms with Crippen molar-refractivity contribution in [3.63, 3.8) is 0 Å². The number of thioether (sulfide) groups is 1. The normalized spacial score (nSPS) is 13.7. The van der Waals surface area contributed by atoms with Crippen molar-refractivity contribution in [1.82, 2.24) is 9.55 Å². The van der Waals surface area contributed by atoms with Crippen molar-refractivity contribution in [1.29, 1.82) is 0 Å². The van der Waals surface area contributed by atoms with Gasteiger partial charge in [-0.3, -0.25) is 14.2 Å².